The second-order valence-corrected chi connectivity index (χ2v) is 8.74. The standard InChI is InChI=1S/C27H26BrN3O3/c1-4-26-30-23-11-10-21(28)15-22(23)27(32)31(26)29-16-19-9-12-24(25(14-19)33-5-2)34-17-20-8-6-7-18(3)13-20/h6-16H,4-5,17H2,1-3H3. The molecular formula is C27H26BrN3O3. The van der Waals surface area contributed by atoms with Crippen molar-refractivity contribution in [3.63, 3.8) is 0 Å². The van der Waals surface area contributed by atoms with Crippen LogP contribution in [0, 0.1) is 6.92 Å². The Morgan fingerprint density at radius 2 is 1.88 bits per heavy atom. The zero-order chi connectivity index (χ0) is 24.1. The number of benzene rings is 3. The molecule has 4 rings (SSSR count). The largest absolute Gasteiger partial charge is 0.490 e. The Morgan fingerprint density at radius 1 is 1.03 bits per heavy atom. The van der Waals surface area contributed by atoms with E-state index in [0.717, 1.165) is 15.6 Å². The molecule has 7 heteroatoms. The van der Waals surface area contributed by atoms with Gasteiger partial charge in [-0.3, -0.25) is 4.79 Å². The van der Waals surface area contributed by atoms with Crippen LogP contribution < -0.4 is 15.0 Å². The fourth-order valence-electron chi connectivity index (χ4n) is 3.62. The van der Waals surface area contributed by atoms with Crippen LogP contribution in [-0.4, -0.2) is 22.5 Å². The lowest BCUT2D eigenvalue weighted by Gasteiger charge is -2.13. The number of hydrogen-bond acceptors (Lipinski definition) is 5. The van der Waals surface area contributed by atoms with Gasteiger partial charge in [-0.1, -0.05) is 52.7 Å². The van der Waals surface area contributed by atoms with Crippen LogP contribution in [-0.2, 0) is 13.0 Å². The van der Waals surface area contributed by atoms with E-state index in [1.165, 1.54) is 10.2 Å². The Morgan fingerprint density at radius 3 is 2.65 bits per heavy atom. The van der Waals surface area contributed by atoms with Gasteiger partial charge >= 0.3 is 0 Å². The van der Waals surface area contributed by atoms with E-state index < -0.39 is 0 Å². The molecule has 1 heterocycles. The highest BCUT2D eigenvalue weighted by molar-refractivity contribution is 9.10. The summed E-state index contributed by atoms with van der Waals surface area (Å²) in [6.07, 6.45) is 2.22. The lowest BCUT2D eigenvalue weighted by atomic mass is 10.1. The molecule has 34 heavy (non-hydrogen) atoms. The number of halogens is 1. The summed E-state index contributed by atoms with van der Waals surface area (Å²) in [4.78, 5) is 17.7. The maximum absolute atomic E-state index is 13.1. The zero-order valence-electron chi connectivity index (χ0n) is 19.4. The van der Waals surface area contributed by atoms with Crippen LogP contribution in [0.25, 0.3) is 10.9 Å². The van der Waals surface area contributed by atoms with Gasteiger partial charge in [0.2, 0.25) is 0 Å². The van der Waals surface area contributed by atoms with Gasteiger partial charge in [-0.15, -0.1) is 0 Å². The molecule has 0 spiro atoms. The van der Waals surface area contributed by atoms with Gasteiger partial charge in [-0.2, -0.15) is 9.78 Å². The number of aromatic nitrogens is 2. The number of aryl methyl sites for hydroxylation is 2. The minimum Gasteiger partial charge on any atom is -0.490 e. The van der Waals surface area contributed by atoms with Gasteiger partial charge in [0.1, 0.15) is 12.4 Å². The maximum atomic E-state index is 13.1. The van der Waals surface area contributed by atoms with Gasteiger partial charge in [-0.25, -0.2) is 4.98 Å². The number of rotatable bonds is 8. The molecule has 1 aromatic heterocycles. The molecule has 6 nitrogen and oxygen atoms in total. The first-order chi connectivity index (χ1) is 16.5. The van der Waals surface area contributed by atoms with Crippen LogP contribution in [0.2, 0.25) is 0 Å². The van der Waals surface area contributed by atoms with E-state index in [4.69, 9.17) is 9.47 Å². The number of fused-ring (bicyclic) bond motifs is 1. The van der Waals surface area contributed by atoms with Crippen LogP contribution in [0.4, 0.5) is 0 Å². The Labute approximate surface area is 207 Å². The minimum absolute atomic E-state index is 0.206. The summed E-state index contributed by atoms with van der Waals surface area (Å²) in [5, 5.41) is 4.98. The van der Waals surface area contributed by atoms with Crippen LogP contribution in [0.5, 0.6) is 11.5 Å². The average molecular weight is 520 g/mol. The molecule has 0 amide bonds. The molecule has 0 fully saturated rings. The number of ether oxygens (including phenoxy) is 2. The highest BCUT2D eigenvalue weighted by Gasteiger charge is 2.11. The summed E-state index contributed by atoms with van der Waals surface area (Å²) in [6.45, 7) is 6.89. The Bertz CT molecular complexity index is 1410. The smallest absolute Gasteiger partial charge is 0.282 e. The summed E-state index contributed by atoms with van der Waals surface area (Å²) < 4.78 is 14.0. The summed E-state index contributed by atoms with van der Waals surface area (Å²) in [5.41, 5.74) is 3.52. The highest BCUT2D eigenvalue weighted by Crippen LogP contribution is 2.29. The van der Waals surface area contributed by atoms with E-state index >= 15 is 0 Å². The summed E-state index contributed by atoms with van der Waals surface area (Å²) in [5.74, 6) is 1.88. The maximum Gasteiger partial charge on any atom is 0.282 e. The SMILES string of the molecule is CCOc1cc(C=Nn2c(CC)nc3ccc(Br)cc3c2=O)ccc1OCc1cccc(C)c1. The molecule has 0 saturated carbocycles. The number of nitrogens with zero attached hydrogens (tertiary/aromatic N) is 3. The Balaban J connectivity index is 1.63. The molecule has 0 radical (unpaired) electrons. The molecule has 0 bridgehead atoms. The lowest BCUT2D eigenvalue weighted by Crippen LogP contribution is -2.22. The summed E-state index contributed by atoms with van der Waals surface area (Å²) in [7, 11) is 0. The molecule has 3 aromatic carbocycles. The summed E-state index contributed by atoms with van der Waals surface area (Å²) in [6, 6.07) is 19.3. The highest BCUT2D eigenvalue weighted by atomic mass is 79.9. The van der Waals surface area contributed by atoms with E-state index in [1.54, 1.807) is 12.3 Å². The van der Waals surface area contributed by atoms with Gasteiger partial charge in [0, 0.05) is 10.9 Å². The topological polar surface area (TPSA) is 65.7 Å². The molecule has 0 saturated heterocycles. The predicted octanol–water partition coefficient (Wildman–Crippen LogP) is 5.89. The van der Waals surface area contributed by atoms with E-state index in [9.17, 15) is 4.79 Å². The van der Waals surface area contributed by atoms with E-state index in [-0.39, 0.29) is 5.56 Å². The van der Waals surface area contributed by atoms with Crippen molar-refractivity contribution in [1.29, 1.82) is 0 Å². The fraction of sp³-hybridized carbons (Fsp3) is 0.222. The van der Waals surface area contributed by atoms with Gasteiger partial charge in [0.25, 0.3) is 5.56 Å². The van der Waals surface area contributed by atoms with E-state index in [0.29, 0.717) is 47.9 Å². The van der Waals surface area contributed by atoms with Crippen LogP contribution in [0.15, 0.2) is 75.0 Å². The minimum atomic E-state index is -0.206. The van der Waals surface area contributed by atoms with Crippen molar-refractivity contribution in [1.82, 2.24) is 9.66 Å². The van der Waals surface area contributed by atoms with Crippen LogP contribution >= 0.6 is 15.9 Å². The molecular weight excluding hydrogens is 494 g/mol. The van der Waals surface area contributed by atoms with Gasteiger partial charge in [-0.05, 0) is 61.4 Å². The van der Waals surface area contributed by atoms with Crippen LogP contribution in [0.3, 0.4) is 0 Å². The van der Waals surface area contributed by atoms with Gasteiger partial charge < -0.3 is 9.47 Å². The first-order valence-electron chi connectivity index (χ1n) is 11.2. The first kappa shape index (κ1) is 23.7. The molecule has 0 atom stereocenters. The first-order valence-corrected chi connectivity index (χ1v) is 12.0. The zero-order valence-corrected chi connectivity index (χ0v) is 21.0. The molecule has 0 N–H and O–H groups in total. The second kappa shape index (κ2) is 10.7. The second-order valence-electron chi connectivity index (χ2n) is 7.82. The predicted molar refractivity (Wildman–Crippen MR) is 139 cm³/mol. The monoisotopic (exact) mass is 519 g/mol. The normalized spacial score (nSPS) is 11.3. The van der Waals surface area contributed by atoms with Crippen molar-refractivity contribution >= 4 is 33.0 Å². The third-order valence-electron chi connectivity index (χ3n) is 5.26. The molecule has 4 aromatic rings. The van der Waals surface area contributed by atoms with Crippen LogP contribution in [0.1, 0.15) is 36.4 Å². The molecule has 0 aliphatic carbocycles. The van der Waals surface area contributed by atoms with E-state index in [1.807, 2.05) is 56.3 Å². The van der Waals surface area contributed by atoms with Crippen molar-refractivity contribution < 1.29 is 9.47 Å². The quantitative estimate of drug-likeness (QED) is 0.272. The molecule has 0 aliphatic rings. The third kappa shape index (κ3) is 5.37. The molecule has 0 aliphatic heterocycles. The average Bonchev–Trinajstić information content (AvgIpc) is 2.83. The van der Waals surface area contributed by atoms with Crippen molar-refractivity contribution in [2.24, 2.45) is 5.10 Å². The number of hydrogen-bond donors (Lipinski definition) is 0. The van der Waals surface area contributed by atoms with E-state index in [2.05, 4.69) is 45.1 Å². The lowest BCUT2D eigenvalue weighted by molar-refractivity contribution is 0.269. The van der Waals surface area contributed by atoms with Crippen molar-refractivity contribution in [3.8, 4) is 11.5 Å². The molecule has 174 valence electrons. The molecule has 0 unspecified atom stereocenters. The summed E-state index contributed by atoms with van der Waals surface area (Å²) >= 11 is 3.42. The van der Waals surface area contributed by atoms with Crippen molar-refractivity contribution in [2.75, 3.05) is 6.61 Å². The Hall–Kier alpha value is -3.45. The Kier molecular flexibility index (Phi) is 7.43. The van der Waals surface area contributed by atoms with Crippen molar-refractivity contribution in [3.05, 3.63) is 98.0 Å². The fourth-order valence-corrected chi connectivity index (χ4v) is 3.98. The van der Waals surface area contributed by atoms with Gasteiger partial charge in [0.05, 0.1) is 23.7 Å². The van der Waals surface area contributed by atoms with Crippen molar-refractivity contribution in [2.45, 2.75) is 33.8 Å². The third-order valence-corrected chi connectivity index (χ3v) is 5.75. The van der Waals surface area contributed by atoms with Gasteiger partial charge in [0.15, 0.2) is 11.5 Å².